The van der Waals surface area contributed by atoms with Crippen LogP contribution in [0.5, 0.6) is 0 Å². The molecule has 0 amide bonds. The summed E-state index contributed by atoms with van der Waals surface area (Å²) in [5, 5.41) is 10.4. The lowest BCUT2D eigenvalue weighted by Gasteiger charge is -2.25. The fraction of sp³-hybridized carbons (Fsp3) is 0.300. The van der Waals surface area contributed by atoms with Crippen LogP contribution < -0.4 is 4.72 Å². The van der Waals surface area contributed by atoms with Gasteiger partial charge >= 0.3 is 5.97 Å². The lowest BCUT2D eigenvalue weighted by atomic mass is 9.92. The van der Waals surface area contributed by atoms with Gasteiger partial charge in [0.05, 0.1) is 6.42 Å². The summed E-state index contributed by atoms with van der Waals surface area (Å²) in [5.74, 6) is -0.838. The molecule has 9 heteroatoms. The third kappa shape index (κ3) is 4.01. The van der Waals surface area contributed by atoms with Gasteiger partial charge in [-0.1, -0.05) is 29.8 Å². The third-order valence-electron chi connectivity index (χ3n) is 5.26. The number of aliphatic carboxylic acids is 1. The van der Waals surface area contributed by atoms with Crippen LogP contribution in [0, 0.1) is 0 Å². The molecule has 0 fully saturated rings. The molecule has 0 radical (unpaired) electrons. The number of sulfonamides is 1. The predicted octanol–water partition coefficient (Wildman–Crippen LogP) is 3.00. The van der Waals surface area contributed by atoms with Gasteiger partial charge in [0.1, 0.15) is 10.0 Å². The minimum atomic E-state index is -3.70. The van der Waals surface area contributed by atoms with E-state index < -0.39 is 16.0 Å². The SMILES string of the molecule is O=C(O)CCn1c2c(c3ccccc31)C[C@H](NS(=O)(=O)c1ccc(Cl)nc1)CC2. The normalized spacial score (nSPS) is 16.7. The molecule has 2 heterocycles. The molecule has 152 valence electrons. The molecule has 0 saturated carbocycles. The number of carbonyl (C=O) groups is 1. The fourth-order valence-corrected chi connectivity index (χ4v) is 5.30. The average Bonchev–Trinajstić information content (AvgIpc) is 2.99. The highest BCUT2D eigenvalue weighted by molar-refractivity contribution is 7.89. The summed E-state index contributed by atoms with van der Waals surface area (Å²) in [5.41, 5.74) is 3.17. The Morgan fingerprint density at radius 2 is 2.07 bits per heavy atom. The van der Waals surface area contributed by atoms with Crippen molar-refractivity contribution in [1.82, 2.24) is 14.3 Å². The van der Waals surface area contributed by atoms with E-state index in [1.165, 1.54) is 18.3 Å². The highest BCUT2D eigenvalue weighted by atomic mass is 35.5. The van der Waals surface area contributed by atoms with Crippen LogP contribution in [0.4, 0.5) is 0 Å². The number of carboxylic acid groups (broad SMARTS) is 1. The molecule has 1 aliphatic carbocycles. The van der Waals surface area contributed by atoms with Gasteiger partial charge in [0.25, 0.3) is 0 Å². The number of nitrogens with one attached hydrogen (secondary N) is 1. The fourth-order valence-electron chi connectivity index (χ4n) is 3.97. The van der Waals surface area contributed by atoms with Gasteiger partial charge in [-0.05, 0) is 43.0 Å². The molecule has 0 unspecified atom stereocenters. The maximum Gasteiger partial charge on any atom is 0.305 e. The van der Waals surface area contributed by atoms with Crippen molar-refractivity contribution in [3.8, 4) is 0 Å². The van der Waals surface area contributed by atoms with Gasteiger partial charge in [-0.25, -0.2) is 18.1 Å². The van der Waals surface area contributed by atoms with E-state index in [4.69, 9.17) is 16.7 Å². The number of pyridine rings is 1. The summed E-state index contributed by atoms with van der Waals surface area (Å²) in [6, 6.07) is 10.5. The van der Waals surface area contributed by atoms with Gasteiger partial charge < -0.3 is 9.67 Å². The lowest BCUT2D eigenvalue weighted by molar-refractivity contribution is -0.137. The van der Waals surface area contributed by atoms with Crippen molar-refractivity contribution in [2.75, 3.05) is 0 Å². The Labute approximate surface area is 173 Å². The van der Waals surface area contributed by atoms with Crippen LogP contribution in [0.15, 0.2) is 47.5 Å². The first-order chi connectivity index (χ1) is 13.8. The molecule has 2 N–H and O–H groups in total. The number of hydrogen-bond acceptors (Lipinski definition) is 4. The highest BCUT2D eigenvalue weighted by Crippen LogP contribution is 2.33. The van der Waals surface area contributed by atoms with Crippen LogP contribution in [0.3, 0.4) is 0 Å². The van der Waals surface area contributed by atoms with Gasteiger partial charge in [-0.3, -0.25) is 4.79 Å². The molecule has 0 saturated heterocycles. The Balaban J connectivity index is 1.62. The van der Waals surface area contributed by atoms with Crippen molar-refractivity contribution in [3.05, 3.63) is 59.0 Å². The molecule has 29 heavy (non-hydrogen) atoms. The van der Waals surface area contributed by atoms with Crippen LogP contribution in [0.2, 0.25) is 5.15 Å². The highest BCUT2D eigenvalue weighted by Gasteiger charge is 2.28. The topological polar surface area (TPSA) is 101 Å². The first-order valence-electron chi connectivity index (χ1n) is 9.30. The molecule has 4 rings (SSSR count). The molecule has 0 spiro atoms. The number of carboxylic acids is 1. The van der Waals surface area contributed by atoms with E-state index in [9.17, 15) is 13.2 Å². The van der Waals surface area contributed by atoms with Gasteiger partial charge in [-0.2, -0.15) is 0 Å². The lowest BCUT2D eigenvalue weighted by Crippen LogP contribution is -2.39. The van der Waals surface area contributed by atoms with E-state index in [-0.39, 0.29) is 22.5 Å². The Morgan fingerprint density at radius 1 is 1.28 bits per heavy atom. The van der Waals surface area contributed by atoms with Crippen LogP contribution >= 0.6 is 11.6 Å². The zero-order chi connectivity index (χ0) is 20.6. The molecule has 1 atom stereocenters. The molecule has 0 aliphatic heterocycles. The molecule has 0 bridgehead atoms. The Bertz CT molecular complexity index is 1170. The smallest absolute Gasteiger partial charge is 0.305 e. The zero-order valence-corrected chi connectivity index (χ0v) is 17.1. The summed E-state index contributed by atoms with van der Waals surface area (Å²) < 4.78 is 30.3. The van der Waals surface area contributed by atoms with E-state index >= 15 is 0 Å². The average molecular weight is 434 g/mol. The summed E-state index contributed by atoms with van der Waals surface area (Å²) in [6.07, 6.45) is 3.16. The number of para-hydroxylation sites is 1. The van der Waals surface area contributed by atoms with Crippen molar-refractivity contribution in [2.45, 2.75) is 43.2 Å². The zero-order valence-electron chi connectivity index (χ0n) is 15.5. The molecule has 7 nitrogen and oxygen atoms in total. The minimum absolute atomic E-state index is 0.0464. The minimum Gasteiger partial charge on any atom is -0.481 e. The first-order valence-corrected chi connectivity index (χ1v) is 11.2. The molecular formula is C20H20ClN3O4S. The monoisotopic (exact) mass is 433 g/mol. The van der Waals surface area contributed by atoms with Crippen molar-refractivity contribution in [3.63, 3.8) is 0 Å². The van der Waals surface area contributed by atoms with E-state index in [0.717, 1.165) is 22.2 Å². The van der Waals surface area contributed by atoms with Crippen LogP contribution in [0.25, 0.3) is 10.9 Å². The molecule has 1 aliphatic rings. The number of nitrogens with zero attached hydrogens (tertiary/aromatic N) is 2. The number of hydrogen-bond donors (Lipinski definition) is 2. The second kappa shape index (κ2) is 7.78. The molecule has 1 aromatic carbocycles. The Morgan fingerprint density at radius 3 is 2.79 bits per heavy atom. The number of aryl methyl sites for hydroxylation is 1. The van der Waals surface area contributed by atoms with Crippen molar-refractivity contribution in [2.24, 2.45) is 0 Å². The Kier molecular flexibility index (Phi) is 5.33. The summed E-state index contributed by atoms with van der Waals surface area (Å²) in [4.78, 5) is 15.0. The van der Waals surface area contributed by atoms with E-state index in [0.29, 0.717) is 25.8 Å². The maximum absolute atomic E-state index is 12.7. The van der Waals surface area contributed by atoms with E-state index in [1.807, 2.05) is 24.3 Å². The third-order valence-corrected chi connectivity index (χ3v) is 6.99. The summed E-state index contributed by atoms with van der Waals surface area (Å²) >= 11 is 5.75. The molecule has 3 aromatic rings. The number of benzene rings is 1. The van der Waals surface area contributed by atoms with Crippen LogP contribution in [-0.4, -0.2) is 35.1 Å². The quantitative estimate of drug-likeness (QED) is 0.582. The second-order valence-corrected chi connectivity index (χ2v) is 9.22. The van der Waals surface area contributed by atoms with Crippen LogP contribution in [0.1, 0.15) is 24.1 Å². The van der Waals surface area contributed by atoms with E-state index in [1.54, 1.807) is 0 Å². The van der Waals surface area contributed by atoms with Crippen LogP contribution in [-0.2, 0) is 34.2 Å². The summed E-state index contributed by atoms with van der Waals surface area (Å²) in [6.45, 7) is 0.401. The number of fused-ring (bicyclic) bond motifs is 3. The van der Waals surface area contributed by atoms with Crippen molar-refractivity contribution < 1.29 is 18.3 Å². The van der Waals surface area contributed by atoms with E-state index in [2.05, 4.69) is 14.3 Å². The van der Waals surface area contributed by atoms with Gasteiger partial charge in [0.2, 0.25) is 10.0 Å². The van der Waals surface area contributed by atoms with Gasteiger partial charge in [-0.15, -0.1) is 0 Å². The first kappa shape index (κ1) is 19.9. The standard InChI is InChI=1S/C20H20ClN3O4S/c21-19-8-6-14(12-22-19)29(27,28)23-13-5-7-18-16(11-13)15-3-1-2-4-17(15)24(18)10-9-20(25)26/h1-4,6,8,12-13,23H,5,7,9-11H2,(H,25,26)/t13-/m1/s1. The number of aromatic nitrogens is 2. The largest absolute Gasteiger partial charge is 0.481 e. The molecule has 2 aromatic heterocycles. The Hall–Kier alpha value is -2.42. The van der Waals surface area contributed by atoms with Gasteiger partial charge in [0.15, 0.2) is 0 Å². The second-order valence-electron chi connectivity index (χ2n) is 7.12. The molecular weight excluding hydrogens is 414 g/mol. The van der Waals surface area contributed by atoms with Gasteiger partial charge in [0, 0.05) is 35.4 Å². The van der Waals surface area contributed by atoms with Crippen molar-refractivity contribution >= 4 is 38.5 Å². The van der Waals surface area contributed by atoms with Crippen molar-refractivity contribution in [1.29, 1.82) is 0 Å². The number of rotatable bonds is 6. The maximum atomic E-state index is 12.7. The number of halogens is 1. The summed E-state index contributed by atoms with van der Waals surface area (Å²) in [7, 11) is -3.70. The predicted molar refractivity (Wildman–Crippen MR) is 110 cm³/mol.